The molecule has 0 amide bonds. The van der Waals surface area contributed by atoms with E-state index in [1.54, 1.807) is 6.07 Å². The van der Waals surface area contributed by atoms with E-state index in [-0.39, 0.29) is 5.82 Å². The molecule has 0 saturated carbocycles. The van der Waals surface area contributed by atoms with Crippen LogP contribution >= 0.6 is 0 Å². The Kier molecular flexibility index (Phi) is 5.98. The summed E-state index contributed by atoms with van der Waals surface area (Å²) in [6, 6.07) is 6.91. The van der Waals surface area contributed by atoms with Crippen LogP contribution in [0.4, 0.5) is 10.1 Å². The standard InChI is InChI=1S/C14H23FN2/c1-12(9-10-16)6-5-11-17(2)14-8-4-3-7-13(14)15/h3-4,7-8,12H,5-6,9-11,16H2,1-2H3. The van der Waals surface area contributed by atoms with Crippen LogP contribution in [0.25, 0.3) is 0 Å². The third-order valence-corrected chi connectivity index (χ3v) is 3.11. The van der Waals surface area contributed by atoms with Gasteiger partial charge in [-0.05, 0) is 43.9 Å². The Labute approximate surface area is 104 Å². The minimum atomic E-state index is -0.148. The number of para-hydroxylation sites is 1. The van der Waals surface area contributed by atoms with E-state index in [4.69, 9.17) is 5.73 Å². The summed E-state index contributed by atoms with van der Waals surface area (Å²) >= 11 is 0. The predicted octanol–water partition coefficient (Wildman–Crippen LogP) is 3.03. The van der Waals surface area contributed by atoms with Gasteiger partial charge in [-0.3, -0.25) is 0 Å². The lowest BCUT2D eigenvalue weighted by molar-refractivity contribution is 0.481. The first-order valence-corrected chi connectivity index (χ1v) is 6.31. The van der Waals surface area contributed by atoms with Gasteiger partial charge in [0.1, 0.15) is 5.82 Å². The van der Waals surface area contributed by atoms with Crippen molar-refractivity contribution < 1.29 is 4.39 Å². The second-order valence-electron chi connectivity index (χ2n) is 4.70. The molecule has 0 aliphatic heterocycles. The number of benzene rings is 1. The maximum atomic E-state index is 13.5. The SMILES string of the molecule is CC(CCN)CCCN(C)c1ccccc1F. The van der Waals surface area contributed by atoms with Gasteiger partial charge in [0.05, 0.1) is 5.69 Å². The Morgan fingerprint density at radius 1 is 1.29 bits per heavy atom. The van der Waals surface area contributed by atoms with Crippen molar-refractivity contribution in [1.82, 2.24) is 0 Å². The molecule has 1 atom stereocenters. The van der Waals surface area contributed by atoms with Gasteiger partial charge in [0.15, 0.2) is 0 Å². The van der Waals surface area contributed by atoms with Crippen molar-refractivity contribution in [3.8, 4) is 0 Å². The first kappa shape index (κ1) is 14.0. The average Bonchev–Trinajstić information content (AvgIpc) is 2.29. The Balaban J connectivity index is 2.35. The topological polar surface area (TPSA) is 29.3 Å². The number of rotatable bonds is 7. The van der Waals surface area contributed by atoms with E-state index in [2.05, 4.69) is 6.92 Å². The zero-order chi connectivity index (χ0) is 12.7. The van der Waals surface area contributed by atoms with Crippen molar-refractivity contribution in [3.63, 3.8) is 0 Å². The molecule has 1 aromatic rings. The maximum Gasteiger partial charge on any atom is 0.146 e. The summed E-state index contributed by atoms with van der Waals surface area (Å²) in [4.78, 5) is 1.98. The molecule has 0 fully saturated rings. The van der Waals surface area contributed by atoms with E-state index < -0.39 is 0 Å². The number of nitrogens with two attached hydrogens (primary N) is 1. The first-order chi connectivity index (χ1) is 8.15. The highest BCUT2D eigenvalue weighted by atomic mass is 19.1. The highest BCUT2D eigenvalue weighted by molar-refractivity contribution is 5.46. The first-order valence-electron chi connectivity index (χ1n) is 6.31. The van der Waals surface area contributed by atoms with Gasteiger partial charge in [-0.25, -0.2) is 4.39 Å². The minimum absolute atomic E-state index is 0.148. The van der Waals surface area contributed by atoms with Crippen LogP contribution in [0.2, 0.25) is 0 Å². The molecule has 3 heteroatoms. The van der Waals surface area contributed by atoms with Crippen LogP contribution in [-0.2, 0) is 0 Å². The molecule has 17 heavy (non-hydrogen) atoms. The van der Waals surface area contributed by atoms with E-state index in [0.29, 0.717) is 11.6 Å². The van der Waals surface area contributed by atoms with Crippen LogP contribution in [0.5, 0.6) is 0 Å². The molecule has 0 spiro atoms. The van der Waals surface area contributed by atoms with Gasteiger partial charge < -0.3 is 10.6 Å². The van der Waals surface area contributed by atoms with Gasteiger partial charge in [0.2, 0.25) is 0 Å². The van der Waals surface area contributed by atoms with Crippen LogP contribution in [0.3, 0.4) is 0 Å². The van der Waals surface area contributed by atoms with Crippen LogP contribution in [0.15, 0.2) is 24.3 Å². The van der Waals surface area contributed by atoms with Crippen LogP contribution in [0, 0.1) is 11.7 Å². The van der Waals surface area contributed by atoms with Crippen molar-refractivity contribution in [2.75, 3.05) is 25.0 Å². The number of nitrogens with zero attached hydrogens (tertiary/aromatic N) is 1. The Hall–Kier alpha value is -1.09. The summed E-state index contributed by atoms with van der Waals surface area (Å²) in [5, 5.41) is 0. The third-order valence-electron chi connectivity index (χ3n) is 3.11. The molecule has 2 N–H and O–H groups in total. The van der Waals surface area contributed by atoms with Gasteiger partial charge in [0.25, 0.3) is 0 Å². The monoisotopic (exact) mass is 238 g/mol. The summed E-state index contributed by atoms with van der Waals surface area (Å²) < 4.78 is 13.5. The Morgan fingerprint density at radius 3 is 2.65 bits per heavy atom. The van der Waals surface area contributed by atoms with Crippen molar-refractivity contribution >= 4 is 5.69 Å². The van der Waals surface area contributed by atoms with E-state index in [9.17, 15) is 4.39 Å². The lowest BCUT2D eigenvalue weighted by Gasteiger charge is -2.20. The van der Waals surface area contributed by atoms with E-state index in [0.717, 1.165) is 32.4 Å². The average molecular weight is 238 g/mol. The molecular weight excluding hydrogens is 215 g/mol. The summed E-state index contributed by atoms with van der Waals surface area (Å²) in [5.74, 6) is 0.513. The molecule has 1 rings (SSSR count). The number of anilines is 1. The van der Waals surface area contributed by atoms with E-state index in [1.807, 2.05) is 24.1 Å². The zero-order valence-electron chi connectivity index (χ0n) is 10.8. The van der Waals surface area contributed by atoms with Gasteiger partial charge in [-0.15, -0.1) is 0 Å². The number of halogens is 1. The lowest BCUT2D eigenvalue weighted by Crippen LogP contribution is -2.20. The van der Waals surface area contributed by atoms with E-state index >= 15 is 0 Å². The molecule has 96 valence electrons. The summed E-state index contributed by atoms with van der Waals surface area (Å²) in [6.45, 7) is 3.86. The fourth-order valence-corrected chi connectivity index (χ4v) is 1.99. The Bertz CT molecular complexity index is 328. The quantitative estimate of drug-likeness (QED) is 0.791. The molecule has 1 aromatic carbocycles. The van der Waals surface area contributed by atoms with E-state index in [1.165, 1.54) is 6.07 Å². The minimum Gasteiger partial charge on any atom is -0.372 e. The van der Waals surface area contributed by atoms with Gasteiger partial charge >= 0.3 is 0 Å². The molecule has 0 aliphatic carbocycles. The summed E-state index contributed by atoms with van der Waals surface area (Å²) in [7, 11) is 1.94. The highest BCUT2D eigenvalue weighted by Gasteiger charge is 2.07. The molecule has 0 radical (unpaired) electrons. The molecule has 0 saturated heterocycles. The maximum absolute atomic E-state index is 13.5. The normalized spacial score (nSPS) is 12.5. The predicted molar refractivity (Wildman–Crippen MR) is 71.7 cm³/mol. The molecule has 2 nitrogen and oxygen atoms in total. The van der Waals surface area contributed by atoms with Crippen LogP contribution < -0.4 is 10.6 Å². The second-order valence-corrected chi connectivity index (χ2v) is 4.70. The second kappa shape index (κ2) is 7.28. The fraction of sp³-hybridized carbons (Fsp3) is 0.571. The fourth-order valence-electron chi connectivity index (χ4n) is 1.99. The largest absolute Gasteiger partial charge is 0.372 e. The van der Waals surface area contributed by atoms with Crippen molar-refractivity contribution in [3.05, 3.63) is 30.1 Å². The highest BCUT2D eigenvalue weighted by Crippen LogP contribution is 2.18. The smallest absolute Gasteiger partial charge is 0.146 e. The number of hydrogen-bond acceptors (Lipinski definition) is 2. The molecule has 0 aromatic heterocycles. The molecule has 0 bridgehead atoms. The molecular formula is C14H23FN2. The van der Waals surface area contributed by atoms with Gasteiger partial charge in [-0.1, -0.05) is 19.1 Å². The van der Waals surface area contributed by atoms with Crippen molar-refractivity contribution in [2.45, 2.75) is 26.2 Å². The van der Waals surface area contributed by atoms with Crippen LogP contribution in [0.1, 0.15) is 26.2 Å². The third kappa shape index (κ3) is 4.73. The molecule has 0 heterocycles. The van der Waals surface area contributed by atoms with Crippen molar-refractivity contribution in [1.29, 1.82) is 0 Å². The van der Waals surface area contributed by atoms with Gasteiger partial charge in [-0.2, -0.15) is 0 Å². The summed E-state index contributed by atoms with van der Waals surface area (Å²) in [6.07, 6.45) is 3.30. The summed E-state index contributed by atoms with van der Waals surface area (Å²) in [5.41, 5.74) is 6.19. The lowest BCUT2D eigenvalue weighted by atomic mass is 10.0. The number of hydrogen-bond donors (Lipinski definition) is 1. The zero-order valence-corrected chi connectivity index (χ0v) is 10.8. The van der Waals surface area contributed by atoms with Crippen LogP contribution in [-0.4, -0.2) is 20.1 Å². The molecule has 0 aliphatic rings. The van der Waals surface area contributed by atoms with Crippen molar-refractivity contribution in [2.24, 2.45) is 11.7 Å². The van der Waals surface area contributed by atoms with Gasteiger partial charge in [0, 0.05) is 13.6 Å². The Morgan fingerprint density at radius 2 is 2.00 bits per heavy atom. The molecule has 1 unspecified atom stereocenters.